The topological polar surface area (TPSA) is 37.2 Å². The average Bonchev–Trinajstić information content (AvgIpc) is 2.59. The van der Waals surface area contributed by atoms with Crippen molar-refractivity contribution in [3.63, 3.8) is 0 Å². The SMILES string of the molecule is C=N/C(=N\C=C(/C)C(F)(F)F)OC[C@H](C)N(CC)Cc1ccccc1. The molecule has 0 spiro atoms. The number of aliphatic imine (C=N–C) groups is 2. The van der Waals surface area contributed by atoms with Crippen molar-refractivity contribution < 1.29 is 17.9 Å². The molecule has 0 saturated carbocycles. The molecule has 0 aliphatic carbocycles. The first-order valence-corrected chi connectivity index (χ1v) is 7.97. The second-order valence-electron chi connectivity index (χ2n) is 5.59. The Morgan fingerprint density at radius 1 is 1.32 bits per heavy atom. The molecule has 138 valence electrons. The Morgan fingerprint density at radius 2 is 1.96 bits per heavy atom. The number of alkyl halides is 3. The minimum atomic E-state index is -4.42. The van der Waals surface area contributed by atoms with Gasteiger partial charge in [0.25, 0.3) is 0 Å². The third kappa shape index (κ3) is 7.51. The molecule has 0 radical (unpaired) electrons. The number of halogens is 3. The Labute approximate surface area is 146 Å². The maximum atomic E-state index is 12.4. The molecule has 1 aromatic carbocycles. The van der Waals surface area contributed by atoms with Gasteiger partial charge in [0, 0.05) is 24.4 Å². The van der Waals surface area contributed by atoms with Gasteiger partial charge < -0.3 is 4.74 Å². The van der Waals surface area contributed by atoms with Crippen molar-refractivity contribution >= 4 is 12.7 Å². The maximum absolute atomic E-state index is 12.4. The number of rotatable bonds is 7. The van der Waals surface area contributed by atoms with Crippen molar-refractivity contribution in [1.82, 2.24) is 4.90 Å². The van der Waals surface area contributed by atoms with Crippen molar-refractivity contribution in [2.24, 2.45) is 9.98 Å². The molecule has 0 N–H and O–H groups in total. The molecule has 1 atom stereocenters. The summed E-state index contributed by atoms with van der Waals surface area (Å²) in [6, 6.07) is 9.86. The van der Waals surface area contributed by atoms with Crippen LogP contribution in [0.4, 0.5) is 13.2 Å². The van der Waals surface area contributed by atoms with Crippen LogP contribution < -0.4 is 0 Å². The Balaban J connectivity index is 2.65. The van der Waals surface area contributed by atoms with E-state index in [9.17, 15) is 13.2 Å². The molecule has 0 aromatic heterocycles. The largest absolute Gasteiger partial charge is 0.462 e. The molecule has 0 aliphatic heterocycles. The van der Waals surface area contributed by atoms with Gasteiger partial charge in [-0.1, -0.05) is 37.3 Å². The molecule has 0 saturated heterocycles. The highest BCUT2D eigenvalue weighted by Crippen LogP contribution is 2.24. The number of allylic oxidation sites excluding steroid dienone is 1. The predicted octanol–water partition coefficient (Wildman–Crippen LogP) is 4.44. The van der Waals surface area contributed by atoms with E-state index in [2.05, 4.69) is 21.6 Å². The van der Waals surface area contributed by atoms with Crippen LogP contribution in [0.25, 0.3) is 0 Å². The molecular formula is C18H24F3N3O. The van der Waals surface area contributed by atoms with Crippen LogP contribution >= 0.6 is 0 Å². The van der Waals surface area contributed by atoms with Crippen LogP contribution in [0.3, 0.4) is 0 Å². The van der Waals surface area contributed by atoms with Gasteiger partial charge in [0.2, 0.25) is 0 Å². The summed E-state index contributed by atoms with van der Waals surface area (Å²) < 4.78 is 42.7. The van der Waals surface area contributed by atoms with Crippen molar-refractivity contribution in [2.45, 2.75) is 39.5 Å². The molecule has 1 rings (SSSR count). The fourth-order valence-corrected chi connectivity index (χ4v) is 2.05. The fourth-order valence-electron chi connectivity index (χ4n) is 2.05. The Morgan fingerprint density at radius 3 is 2.48 bits per heavy atom. The van der Waals surface area contributed by atoms with Gasteiger partial charge >= 0.3 is 12.2 Å². The lowest BCUT2D eigenvalue weighted by Crippen LogP contribution is -2.36. The monoisotopic (exact) mass is 355 g/mol. The number of nitrogens with zero attached hydrogens (tertiary/aromatic N) is 3. The number of likely N-dealkylation sites (N-methyl/N-ethyl adjacent to an activating group) is 1. The highest BCUT2D eigenvalue weighted by molar-refractivity contribution is 5.79. The lowest BCUT2D eigenvalue weighted by atomic mass is 10.2. The second kappa shape index (κ2) is 9.98. The fraction of sp³-hybridized carbons (Fsp3) is 0.444. The molecule has 1 aromatic rings. The van der Waals surface area contributed by atoms with Gasteiger partial charge in [0.1, 0.15) is 6.61 Å². The zero-order valence-corrected chi connectivity index (χ0v) is 14.8. The summed E-state index contributed by atoms with van der Waals surface area (Å²) in [5.74, 6) is 0. The maximum Gasteiger partial charge on any atom is 0.413 e. The zero-order valence-electron chi connectivity index (χ0n) is 14.8. The molecule has 0 fully saturated rings. The van der Waals surface area contributed by atoms with Crippen LogP contribution in [0.15, 0.2) is 52.1 Å². The summed E-state index contributed by atoms with van der Waals surface area (Å²) in [7, 11) is 0. The number of hydrogen-bond acceptors (Lipinski definition) is 3. The zero-order chi connectivity index (χ0) is 18.9. The number of amidine groups is 1. The number of ether oxygens (including phenoxy) is 1. The highest BCUT2D eigenvalue weighted by atomic mass is 19.4. The third-order valence-electron chi connectivity index (χ3n) is 3.66. The molecule has 0 heterocycles. The second-order valence-corrected chi connectivity index (χ2v) is 5.59. The molecule has 0 unspecified atom stereocenters. The summed E-state index contributed by atoms with van der Waals surface area (Å²) in [6.07, 6.45) is -3.73. The van der Waals surface area contributed by atoms with Gasteiger partial charge in [0.05, 0.1) is 0 Å². The van der Waals surface area contributed by atoms with E-state index in [0.29, 0.717) is 6.20 Å². The molecule has 0 bridgehead atoms. The first-order valence-electron chi connectivity index (χ1n) is 7.97. The standard InChI is InChI=1S/C18H24F3N3O/c1-5-24(12-16-9-7-6-8-10-16)15(3)13-25-17(22-4)23-11-14(2)18(19,20)21/h6-11,15H,4-5,12-13H2,1-3H3/b14-11+,23-17+/t15-/m0/s1. The van der Waals surface area contributed by atoms with Crippen molar-refractivity contribution in [3.8, 4) is 0 Å². The smallest absolute Gasteiger partial charge is 0.413 e. The van der Waals surface area contributed by atoms with Crippen LogP contribution in [0.2, 0.25) is 0 Å². The van der Waals surface area contributed by atoms with E-state index in [-0.39, 0.29) is 18.7 Å². The van der Waals surface area contributed by atoms with Crippen molar-refractivity contribution in [3.05, 3.63) is 47.7 Å². The summed E-state index contributed by atoms with van der Waals surface area (Å²) in [6.45, 7) is 10.0. The Kier molecular flexibility index (Phi) is 8.34. The highest BCUT2D eigenvalue weighted by Gasteiger charge is 2.29. The Hall–Kier alpha value is -2.15. The van der Waals surface area contributed by atoms with Gasteiger partial charge in [-0.3, -0.25) is 4.90 Å². The minimum absolute atomic E-state index is 0.0323. The van der Waals surface area contributed by atoms with Gasteiger partial charge in [-0.05, 0) is 32.7 Å². The summed E-state index contributed by atoms with van der Waals surface area (Å²) in [5.41, 5.74) is 0.347. The minimum Gasteiger partial charge on any atom is -0.462 e. The van der Waals surface area contributed by atoms with Gasteiger partial charge in [-0.15, -0.1) is 0 Å². The van der Waals surface area contributed by atoms with E-state index in [4.69, 9.17) is 4.74 Å². The normalized spacial score (nSPS) is 14.5. The molecule has 0 amide bonds. The molecule has 0 aliphatic rings. The van der Waals surface area contributed by atoms with Gasteiger partial charge in [-0.2, -0.15) is 13.2 Å². The van der Waals surface area contributed by atoms with E-state index in [1.165, 1.54) is 5.56 Å². The van der Waals surface area contributed by atoms with Gasteiger partial charge in [-0.25, -0.2) is 9.98 Å². The number of benzene rings is 1. The molecule has 4 nitrogen and oxygen atoms in total. The van der Waals surface area contributed by atoms with E-state index in [0.717, 1.165) is 20.0 Å². The lowest BCUT2D eigenvalue weighted by molar-refractivity contribution is -0.0914. The van der Waals surface area contributed by atoms with E-state index < -0.39 is 11.7 Å². The van der Waals surface area contributed by atoms with Crippen LogP contribution in [0.1, 0.15) is 26.3 Å². The quantitative estimate of drug-likeness (QED) is 0.536. The summed E-state index contributed by atoms with van der Waals surface area (Å²) >= 11 is 0. The first kappa shape index (κ1) is 20.9. The van der Waals surface area contributed by atoms with E-state index >= 15 is 0 Å². The molecular weight excluding hydrogens is 331 g/mol. The Bertz CT molecular complexity index is 597. The van der Waals surface area contributed by atoms with E-state index in [1.54, 1.807) is 0 Å². The predicted molar refractivity (Wildman–Crippen MR) is 94.7 cm³/mol. The van der Waals surface area contributed by atoms with Crippen LogP contribution in [-0.2, 0) is 11.3 Å². The van der Waals surface area contributed by atoms with Crippen LogP contribution in [0.5, 0.6) is 0 Å². The first-order chi connectivity index (χ1) is 11.8. The van der Waals surface area contributed by atoms with Crippen molar-refractivity contribution in [2.75, 3.05) is 13.2 Å². The van der Waals surface area contributed by atoms with Crippen LogP contribution in [0, 0.1) is 0 Å². The number of hydrogen-bond donors (Lipinski definition) is 0. The summed E-state index contributed by atoms with van der Waals surface area (Å²) in [5, 5.41) is 0. The molecule has 25 heavy (non-hydrogen) atoms. The lowest BCUT2D eigenvalue weighted by Gasteiger charge is -2.27. The molecule has 7 heteroatoms. The van der Waals surface area contributed by atoms with Crippen LogP contribution in [-0.4, -0.2) is 43.0 Å². The van der Waals surface area contributed by atoms with Gasteiger partial charge in [0.15, 0.2) is 0 Å². The van der Waals surface area contributed by atoms with Crippen molar-refractivity contribution in [1.29, 1.82) is 0 Å². The third-order valence-corrected chi connectivity index (χ3v) is 3.66. The van der Waals surface area contributed by atoms with E-state index in [1.807, 2.05) is 44.2 Å². The summed E-state index contributed by atoms with van der Waals surface area (Å²) in [4.78, 5) is 9.33. The average molecular weight is 355 g/mol.